The van der Waals surface area contributed by atoms with Crippen LogP contribution in [0.4, 0.5) is 4.79 Å². The topological polar surface area (TPSA) is 87.5 Å². The lowest BCUT2D eigenvalue weighted by Gasteiger charge is -2.23. The summed E-state index contributed by atoms with van der Waals surface area (Å²) in [7, 11) is 0. The van der Waals surface area contributed by atoms with Crippen molar-refractivity contribution in [3.63, 3.8) is 0 Å². The van der Waals surface area contributed by atoms with Gasteiger partial charge in [0.05, 0.1) is 12.2 Å². The van der Waals surface area contributed by atoms with Gasteiger partial charge in [0, 0.05) is 30.7 Å². The fourth-order valence-corrected chi connectivity index (χ4v) is 3.04. The van der Waals surface area contributed by atoms with Gasteiger partial charge in [-0.2, -0.15) is 0 Å². The maximum Gasteiger partial charge on any atom is 0.327 e. The molecule has 0 aromatic carbocycles. The maximum atomic E-state index is 12.0. The fraction of sp³-hybridized carbons (Fsp3) is 0.545. The molecule has 0 radical (unpaired) electrons. The van der Waals surface area contributed by atoms with Crippen LogP contribution in [0.15, 0.2) is 18.7 Å². The summed E-state index contributed by atoms with van der Waals surface area (Å²) >= 11 is 1.45. The second kappa shape index (κ2) is 5.96. The van der Waals surface area contributed by atoms with Gasteiger partial charge in [-0.3, -0.25) is 0 Å². The molecular weight excluding hydrogens is 268 g/mol. The fourth-order valence-electron chi connectivity index (χ4n) is 1.90. The zero-order valence-corrected chi connectivity index (χ0v) is 11.3. The quantitative estimate of drug-likeness (QED) is 0.837. The molecule has 0 aliphatic carbocycles. The molecule has 8 heteroatoms. The van der Waals surface area contributed by atoms with E-state index in [4.69, 9.17) is 5.11 Å². The van der Waals surface area contributed by atoms with E-state index in [1.807, 2.05) is 17.7 Å². The molecule has 2 rings (SSSR count). The number of imidazole rings is 1. The summed E-state index contributed by atoms with van der Waals surface area (Å²) in [4.78, 5) is 28.3. The van der Waals surface area contributed by atoms with Crippen molar-refractivity contribution in [3.05, 3.63) is 18.7 Å². The SMILES string of the molecule is CC(Cn1ccnc1)NC(=O)N1CSC[C@@H]1C(=O)O. The van der Waals surface area contributed by atoms with E-state index in [2.05, 4.69) is 10.3 Å². The third kappa shape index (κ3) is 3.40. The van der Waals surface area contributed by atoms with E-state index in [9.17, 15) is 9.59 Å². The molecule has 19 heavy (non-hydrogen) atoms. The van der Waals surface area contributed by atoms with Gasteiger partial charge in [0.25, 0.3) is 0 Å². The molecule has 1 aliphatic rings. The summed E-state index contributed by atoms with van der Waals surface area (Å²) in [6.07, 6.45) is 5.16. The maximum absolute atomic E-state index is 12.0. The number of carbonyl (C=O) groups excluding carboxylic acids is 1. The van der Waals surface area contributed by atoms with Crippen LogP contribution in [0.1, 0.15) is 6.92 Å². The lowest BCUT2D eigenvalue weighted by Crippen LogP contribution is -2.49. The van der Waals surface area contributed by atoms with Crippen molar-refractivity contribution in [2.24, 2.45) is 0 Å². The van der Waals surface area contributed by atoms with Crippen molar-refractivity contribution in [1.29, 1.82) is 0 Å². The number of thioether (sulfide) groups is 1. The standard InChI is InChI=1S/C11H16N4O3S/c1-8(4-14-3-2-12-6-14)13-11(18)15-7-19-5-9(15)10(16)17/h2-3,6,8-9H,4-5,7H2,1H3,(H,13,18)(H,16,17)/t8?,9-/m1/s1. The molecule has 104 valence electrons. The van der Waals surface area contributed by atoms with E-state index in [0.29, 0.717) is 18.2 Å². The minimum Gasteiger partial charge on any atom is -0.480 e. The van der Waals surface area contributed by atoms with Crippen LogP contribution in [0.2, 0.25) is 0 Å². The summed E-state index contributed by atoms with van der Waals surface area (Å²) in [5.74, 6) is -0.0957. The summed E-state index contributed by atoms with van der Waals surface area (Å²) in [5.41, 5.74) is 0. The third-order valence-electron chi connectivity index (χ3n) is 2.84. The number of hydrogen-bond acceptors (Lipinski definition) is 4. The Bertz CT molecular complexity index is 451. The van der Waals surface area contributed by atoms with Gasteiger partial charge in [-0.1, -0.05) is 0 Å². The first kappa shape index (κ1) is 13.7. The molecule has 1 aromatic rings. The Morgan fingerprint density at radius 2 is 2.42 bits per heavy atom. The van der Waals surface area contributed by atoms with E-state index in [1.54, 1.807) is 12.5 Å². The minimum atomic E-state index is -0.956. The van der Waals surface area contributed by atoms with Crippen LogP contribution in [-0.4, -0.2) is 55.3 Å². The number of nitrogens with one attached hydrogen (secondary N) is 1. The normalized spacial score (nSPS) is 20.3. The van der Waals surface area contributed by atoms with Crippen LogP contribution in [0.3, 0.4) is 0 Å². The molecular formula is C11H16N4O3S. The number of carboxylic acid groups (broad SMARTS) is 1. The highest BCUT2D eigenvalue weighted by Crippen LogP contribution is 2.20. The van der Waals surface area contributed by atoms with Crippen molar-refractivity contribution in [2.45, 2.75) is 25.6 Å². The van der Waals surface area contributed by atoms with Crippen molar-refractivity contribution >= 4 is 23.8 Å². The Hall–Kier alpha value is -1.70. The molecule has 0 bridgehead atoms. The Labute approximate surface area is 115 Å². The van der Waals surface area contributed by atoms with Gasteiger partial charge in [0.2, 0.25) is 0 Å². The summed E-state index contributed by atoms with van der Waals surface area (Å²) in [6.45, 7) is 2.47. The van der Waals surface area contributed by atoms with Gasteiger partial charge in [0.1, 0.15) is 6.04 Å². The lowest BCUT2D eigenvalue weighted by molar-refractivity contribution is -0.140. The van der Waals surface area contributed by atoms with Gasteiger partial charge in [-0.25, -0.2) is 14.6 Å². The number of nitrogens with zero attached hydrogens (tertiary/aromatic N) is 3. The third-order valence-corrected chi connectivity index (χ3v) is 3.85. The van der Waals surface area contributed by atoms with E-state index >= 15 is 0 Å². The number of carbonyl (C=O) groups is 2. The Morgan fingerprint density at radius 1 is 1.63 bits per heavy atom. The summed E-state index contributed by atoms with van der Waals surface area (Å²) in [5, 5.41) is 11.8. The summed E-state index contributed by atoms with van der Waals surface area (Å²) in [6, 6.07) is -1.16. The molecule has 2 atom stereocenters. The number of amides is 2. The first-order valence-electron chi connectivity index (χ1n) is 5.91. The number of carboxylic acids is 1. The average Bonchev–Trinajstić information content (AvgIpc) is 2.97. The lowest BCUT2D eigenvalue weighted by atomic mass is 10.3. The van der Waals surface area contributed by atoms with Crippen molar-refractivity contribution < 1.29 is 14.7 Å². The second-order valence-electron chi connectivity index (χ2n) is 4.43. The van der Waals surface area contributed by atoms with Gasteiger partial charge < -0.3 is 19.9 Å². The number of urea groups is 1. The first-order chi connectivity index (χ1) is 9.08. The molecule has 1 unspecified atom stereocenters. The van der Waals surface area contributed by atoms with Crippen LogP contribution in [0.25, 0.3) is 0 Å². The molecule has 1 fully saturated rings. The van der Waals surface area contributed by atoms with E-state index in [-0.39, 0.29) is 12.1 Å². The van der Waals surface area contributed by atoms with E-state index < -0.39 is 12.0 Å². The van der Waals surface area contributed by atoms with Gasteiger partial charge in [-0.15, -0.1) is 11.8 Å². The van der Waals surface area contributed by atoms with Crippen molar-refractivity contribution in [2.75, 3.05) is 11.6 Å². The molecule has 0 saturated carbocycles. The molecule has 7 nitrogen and oxygen atoms in total. The molecule has 1 saturated heterocycles. The molecule has 2 heterocycles. The zero-order chi connectivity index (χ0) is 13.8. The van der Waals surface area contributed by atoms with Gasteiger partial charge in [-0.05, 0) is 6.92 Å². The van der Waals surface area contributed by atoms with E-state index in [1.165, 1.54) is 16.7 Å². The van der Waals surface area contributed by atoms with Crippen LogP contribution >= 0.6 is 11.8 Å². The van der Waals surface area contributed by atoms with Crippen LogP contribution in [0, 0.1) is 0 Å². The number of rotatable bonds is 4. The Morgan fingerprint density at radius 3 is 3.05 bits per heavy atom. The van der Waals surface area contributed by atoms with Gasteiger partial charge >= 0.3 is 12.0 Å². The number of hydrogen-bond donors (Lipinski definition) is 2. The predicted octanol–water partition coefficient (Wildman–Crippen LogP) is 0.441. The number of aliphatic carboxylic acids is 1. The smallest absolute Gasteiger partial charge is 0.327 e. The number of aromatic nitrogens is 2. The Kier molecular flexibility index (Phi) is 4.31. The van der Waals surface area contributed by atoms with Crippen LogP contribution < -0.4 is 5.32 Å². The van der Waals surface area contributed by atoms with Gasteiger partial charge in [0.15, 0.2) is 0 Å². The molecule has 0 spiro atoms. The highest BCUT2D eigenvalue weighted by Gasteiger charge is 2.34. The summed E-state index contributed by atoms with van der Waals surface area (Å²) < 4.78 is 1.86. The second-order valence-corrected chi connectivity index (χ2v) is 5.43. The monoisotopic (exact) mass is 284 g/mol. The Balaban J connectivity index is 1.88. The highest BCUT2D eigenvalue weighted by atomic mass is 32.2. The molecule has 2 N–H and O–H groups in total. The highest BCUT2D eigenvalue weighted by molar-refractivity contribution is 7.99. The molecule has 1 aliphatic heterocycles. The van der Waals surface area contributed by atoms with E-state index in [0.717, 1.165) is 0 Å². The van der Waals surface area contributed by atoms with Crippen LogP contribution in [0.5, 0.6) is 0 Å². The predicted molar refractivity (Wildman–Crippen MR) is 70.8 cm³/mol. The molecule has 2 amide bonds. The molecule has 1 aromatic heterocycles. The van der Waals surface area contributed by atoms with Crippen molar-refractivity contribution in [1.82, 2.24) is 19.8 Å². The zero-order valence-electron chi connectivity index (χ0n) is 10.5. The minimum absolute atomic E-state index is 0.0956. The van der Waals surface area contributed by atoms with Crippen LogP contribution in [-0.2, 0) is 11.3 Å². The van der Waals surface area contributed by atoms with Crippen molar-refractivity contribution in [3.8, 4) is 0 Å². The average molecular weight is 284 g/mol. The first-order valence-corrected chi connectivity index (χ1v) is 7.07. The largest absolute Gasteiger partial charge is 0.480 e.